The number of carbonyl (C=O) groups excluding carboxylic acids is 3. The van der Waals surface area contributed by atoms with E-state index in [0.717, 1.165) is 38.5 Å². The molecule has 4 rings (SSSR count). The van der Waals surface area contributed by atoms with Gasteiger partial charge in [-0.05, 0) is 75.0 Å². The molecule has 4 saturated carbocycles. The third-order valence-electron chi connectivity index (χ3n) is 9.82. The normalized spacial score (nSPS) is 48.7. The summed E-state index contributed by atoms with van der Waals surface area (Å²) < 4.78 is 11.9. The molecule has 0 aliphatic heterocycles. The summed E-state index contributed by atoms with van der Waals surface area (Å²) in [6.07, 6.45) is 4.76. The summed E-state index contributed by atoms with van der Waals surface area (Å²) in [6, 6.07) is 0. The average Bonchev–Trinajstić information content (AvgIpc) is 3.01. The van der Waals surface area contributed by atoms with Crippen LogP contribution in [0.5, 0.6) is 0 Å². The van der Waals surface area contributed by atoms with E-state index in [-0.39, 0.29) is 71.0 Å². The Hall–Kier alpha value is -1.43. The number of ether oxygens (including phenoxy) is 2. The molecular weight excluding hydrogens is 396 g/mol. The van der Waals surface area contributed by atoms with Crippen LogP contribution in [0.4, 0.5) is 0 Å². The van der Waals surface area contributed by atoms with Gasteiger partial charge in [-0.15, -0.1) is 0 Å². The highest BCUT2D eigenvalue weighted by molar-refractivity contribution is 5.80. The molecule has 6 heteroatoms. The maximum atomic E-state index is 12.6. The minimum atomic E-state index is -0.436. The number of ketones is 1. The van der Waals surface area contributed by atoms with Crippen molar-refractivity contribution in [3.8, 4) is 0 Å². The molecule has 0 amide bonds. The summed E-state index contributed by atoms with van der Waals surface area (Å²) in [5.41, 5.74) is -0.428. The second-order valence-corrected chi connectivity index (χ2v) is 11.2. The highest BCUT2D eigenvalue weighted by Gasteiger charge is 2.67. The molecule has 0 bridgehead atoms. The fraction of sp³-hybridized carbons (Fsp3) is 0.880. The van der Waals surface area contributed by atoms with Gasteiger partial charge in [0.2, 0.25) is 0 Å². The van der Waals surface area contributed by atoms with E-state index < -0.39 is 5.41 Å². The zero-order valence-corrected chi connectivity index (χ0v) is 19.6. The maximum absolute atomic E-state index is 12.6. The van der Waals surface area contributed by atoms with Gasteiger partial charge >= 0.3 is 11.9 Å². The van der Waals surface area contributed by atoms with E-state index in [1.807, 2.05) is 0 Å². The molecule has 0 aromatic rings. The molecule has 174 valence electrons. The van der Waals surface area contributed by atoms with Crippen molar-refractivity contribution in [3.63, 3.8) is 0 Å². The number of fused-ring (bicyclic) bond motifs is 5. The van der Waals surface area contributed by atoms with E-state index in [1.165, 1.54) is 13.8 Å². The topological polar surface area (TPSA) is 89.9 Å². The number of Topliss-reactive ketones (excluding diaryl/α,β-unsaturated/α-hetero) is 1. The second kappa shape index (κ2) is 7.86. The average molecular weight is 435 g/mol. The Bertz CT molecular complexity index is 763. The van der Waals surface area contributed by atoms with Crippen LogP contribution in [0.1, 0.15) is 79.6 Å². The van der Waals surface area contributed by atoms with Crippen molar-refractivity contribution in [2.75, 3.05) is 0 Å². The molecule has 0 saturated heterocycles. The van der Waals surface area contributed by atoms with Gasteiger partial charge in [-0.2, -0.15) is 0 Å². The van der Waals surface area contributed by atoms with Crippen LogP contribution < -0.4 is 0 Å². The van der Waals surface area contributed by atoms with Crippen LogP contribution in [0, 0.1) is 40.4 Å². The summed E-state index contributed by atoms with van der Waals surface area (Å²) in [5, 5.41) is 10.4. The van der Waals surface area contributed by atoms with Crippen molar-refractivity contribution in [3.05, 3.63) is 0 Å². The Kier molecular flexibility index (Phi) is 5.77. The van der Waals surface area contributed by atoms with Crippen molar-refractivity contribution in [2.24, 2.45) is 40.4 Å². The lowest BCUT2D eigenvalue weighted by atomic mass is 9.43. The molecule has 4 aliphatic carbocycles. The van der Waals surface area contributed by atoms with Crippen molar-refractivity contribution >= 4 is 17.7 Å². The van der Waals surface area contributed by atoms with Crippen LogP contribution in [-0.2, 0) is 23.9 Å². The van der Waals surface area contributed by atoms with Crippen LogP contribution in [0.2, 0.25) is 0 Å². The molecule has 0 aromatic carbocycles. The van der Waals surface area contributed by atoms with Crippen molar-refractivity contribution in [2.45, 2.75) is 97.9 Å². The summed E-state index contributed by atoms with van der Waals surface area (Å²) >= 11 is 0. The predicted molar refractivity (Wildman–Crippen MR) is 114 cm³/mol. The number of aliphatic hydroxyl groups is 1. The summed E-state index contributed by atoms with van der Waals surface area (Å²) in [4.78, 5) is 36.8. The minimum Gasteiger partial charge on any atom is -0.462 e. The lowest BCUT2D eigenvalue weighted by molar-refractivity contribution is -0.221. The Labute approximate surface area is 185 Å². The molecular formula is C25H38O6. The van der Waals surface area contributed by atoms with Crippen LogP contribution in [-0.4, -0.2) is 41.1 Å². The van der Waals surface area contributed by atoms with E-state index in [2.05, 4.69) is 13.8 Å². The van der Waals surface area contributed by atoms with E-state index in [9.17, 15) is 19.5 Å². The Balaban J connectivity index is 1.79. The number of rotatable bonds is 3. The van der Waals surface area contributed by atoms with Gasteiger partial charge in [0.25, 0.3) is 0 Å². The minimum absolute atomic E-state index is 0.00852. The van der Waals surface area contributed by atoms with Gasteiger partial charge in [0.05, 0.1) is 6.10 Å². The van der Waals surface area contributed by atoms with E-state index in [1.54, 1.807) is 6.92 Å². The lowest BCUT2D eigenvalue weighted by Crippen LogP contribution is -2.63. The molecule has 31 heavy (non-hydrogen) atoms. The third kappa shape index (κ3) is 3.53. The van der Waals surface area contributed by atoms with Crippen LogP contribution in [0.25, 0.3) is 0 Å². The molecule has 4 fully saturated rings. The van der Waals surface area contributed by atoms with E-state index in [0.29, 0.717) is 6.42 Å². The quantitative estimate of drug-likeness (QED) is 0.682. The van der Waals surface area contributed by atoms with Crippen LogP contribution in [0.3, 0.4) is 0 Å². The Morgan fingerprint density at radius 1 is 0.871 bits per heavy atom. The van der Waals surface area contributed by atoms with Gasteiger partial charge in [-0.3, -0.25) is 14.4 Å². The molecule has 10 unspecified atom stereocenters. The van der Waals surface area contributed by atoms with Crippen LogP contribution in [0.15, 0.2) is 0 Å². The number of hydrogen-bond acceptors (Lipinski definition) is 6. The first-order chi connectivity index (χ1) is 14.5. The van der Waals surface area contributed by atoms with Gasteiger partial charge in [-0.1, -0.05) is 13.8 Å². The molecule has 0 aromatic heterocycles. The first-order valence-corrected chi connectivity index (χ1v) is 12.0. The summed E-state index contributed by atoms with van der Waals surface area (Å²) in [6.45, 7) is 9.03. The monoisotopic (exact) mass is 434 g/mol. The van der Waals surface area contributed by atoms with Gasteiger partial charge in [0.15, 0.2) is 0 Å². The lowest BCUT2D eigenvalue weighted by Gasteiger charge is -2.63. The SMILES string of the molecule is CC(=O)OC1CC2CC(O)CCC2(C)C2CC(OC(C)=O)C3(C)C(C(C)=O)CCC3C12. The number of hydrogen-bond donors (Lipinski definition) is 1. The van der Waals surface area contributed by atoms with E-state index >= 15 is 0 Å². The largest absolute Gasteiger partial charge is 0.462 e. The first-order valence-electron chi connectivity index (χ1n) is 12.0. The molecule has 6 nitrogen and oxygen atoms in total. The number of aliphatic hydroxyl groups excluding tert-OH is 1. The second-order valence-electron chi connectivity index (χ2n) is 11.2. The van der Waals surface area contributed by atoms with Gasteiger partial charge in [0, 0.05) is 31.1 Å². The van der Waals surface area contributed by atoms with Gasteiger partial charge in [-0.25, -0.2) is 0 Å². The Morgan fingerprint density at radius 3 is 2.16 bits per heavy atom. The smallest absolute Gasteiger partial charge is 0.302 e. The van der Waals surface area contributed by atoms with Gasteiger partial charge < -0.3 is 14.6 Å². The Morgan fingerprint density at radius 2 is 1.55 bits per heavy atom. The van der Waals surface area contributed by atoms with Crippen molar-refractivity contribution in [1.82, 2.24) is 0 Å². The molecule has 4 aliphatic rings. The summed E-state index contributed by atoms with van der Waals surface area (Å²) in [7, 11) is 0. The molecule has 0 heterocycles. The first kappa shape index (κ1) is 22.8. The highest BCUT2D eigenvalue weighted by Crippen LogP contribution is 2.68. The number of carbonyl (C=O) groups is 3. The van der Waals surface area contributed by atoms with Crippen LogP contribution >= 0.6 is 0 Å². The molecule has 0 radical (unpaired) electrons. The molecule has 1 N–H and O–H groups in total. The van der Waals surface area contributed by atoms with Crippen molar-refractivity contribution < 1.29 is 29.0 Å². The zero-order valence-electron chi connectivity index (χ0n) is 19.6. The van der Waals surface area contributed by atoms with Gasteiger partial charge in [0.1, 0.15) is 18.0 Å². The standard InChI is InChI=1S/C25H38O6/c1-13(26)18-6-7-19-23-20(12-22(25(18,19)5)31-15(3)28)24(4)9-8-17(29)10-16(24)11-21(23)30-14(2)27/h16-23,29H,6-12H2,1-5H3. The zero-order chi connectivity index (χ0) is 22.7. The fourth-order valence-electron chi connectivity index (χ4n) is 8.49. The highest BCUT2D eigenvalue weighted by atomic mass is 16.5. The fourth-order valence-corrected chi connectivity index (χ4v) is 8.49. The molecule has 0 spiro atoms. The van der Waals surface area contributed by atoms with E-state index in [4.69, 9.17) is 9.47 Å². The van der Waals surface area contributed by atoms with Crippen molar-refractivity contribution in [1.29, 1.82) is 0 Å². The predicted octanol–water partition coefficient (Wildman–Crippen LogP) is 3.68. The summed E-state index contributed by atoms with van der Waals surface area (Å²) in [5.74, 6) is 0.273. The maximum Gasteiger partial charge on any atom is 0.302 e. The molecule has 10 atom stereocenters. The number of esters is 2. The third-order valence-corrected chi connectivity index (χ3v) is 9.82.